The smallest absolute Gasteiger partial charge is 0.370 e. The number of anilines is 1. The van der Waals surface area contributed by atoms with Gasteiger partial charge in [0.2, 0.25) is 5.91 Å². The van der Waals surface area contributed by atoms with Crippen LogP contribution in [0.25, 0.3) is 0 Å². The Morgan fingerprint density at radius 3 is 2.47 bits per heavy atom. The predicted octanol–water partition coefficient (Wildman–Crippen LogP) is 0.714. The number of nitrogens with two attached hydrogens (primary N) is 2. The number of alkyl halides is 3. The summed E-state index contributed by atoms with van der Waals surface area (Å²) in [7, 11) is -4.81. The number of hydrogen-bond acceptors (Lipinski definition) is 6. The first-order chi connectivity index (χ1) is 16.8. The van der Waals surface area contributed by atoms with Crippen molar-refractivity contribution < 1.29 is 31.2 Å². The van der Waals surface area contributed by atoms with Gasteiger partial charge in [0.05, 0.1) is 16.5 Å². The fourth-order valence-electron chi connectivity index (χ4n) is 3.17. The van der Waals surface area contributed by atoms with Crippen molar-refractivity contribution in [2.24, 2.45) is 16.5 Å². The zero-order valence-corrected chi connectivity index (χ0v) is 19.9. The standard InChI is InChI=1S/C21H25F3N6O5S/c1-13-8-9-16(29-36(34,35)17-7-3-2-6-15(17)21(22,23)24)19(33)30(13)11-18(32)28-14(12-31)5-4-10-27-20(25)26/h2-3,6-9,12,14,29H,4-5,10-11H2,1H3,(H,28,32)(H4,25,26,27)/t14-/m0/s1. The van der Waals surface area contributed by atoms with Crippen LogP contribution in [0.15, 0.2) is 51.1 Å². The molecule has 0 radical (unpaired) electrons. The number of carbonyl (C=O) groups excluding carboxylic acids is 2. The Labute approximate surface area is 204 Å². The quantitative estimate of drug-likeness (QED) is 0.143. The average Bonchev–Trinajstić information content (AvgIpc) is 2.79. The number of aryl methyl sites for hydroxylation is 1. The highest BCUT2D eigenvalue weighted by Crippen LogP contribution is 2.34. The van der Waals surface area contributed by atoms with Crippen LogP contribution < -0.4 is 27.1 Å². The molecule has 0 spiro atoms. The topological polar surface area (TPSA) is 179 Å². The van der Waals surface area contributed by atoms with Crippen LogP contribution in [0.3, 0.4) is 0 Å². The van der Waals surface area contributed by atoms with Crippen LogP contribution in [0.5, 0.6) is 0 Å². The van der Waals surface area contributed by atoms with Crippen molar-refractivity contribution >= 4 is 33.9 Å². The highest BCUT2D eigenvalue weighted by atomic mass is 32.2. The molecular formula is C21H25F3N6O5S. The number of hydrogen-bond donors (Lipinski definition) is 4. The number of aromatic nitrogens is 1. The Bertz CT molecular complexity index is 1300. The minimum absolute atomic E-state index is 0.117. The molecule has 1 amide bonds. The van der Waals surface area contributed by atoms with E-state index in [1.54, 1.807) is 0 Å². The van der Waals surface area contributed by atoms with Gasteiger partial charge >= 0.3 is 6.18 Å². The van der Waals surface area contributed by atoms with Crippen molar-refractivity contribution in [1.82, 2.24) is 9.88 Å². The molecule has 6 N–H and O–H groups in total. The van der Waals surface area contributed by atoms with Crippen LogP contribution in [-0.4, -0.2) is 43.7 Å². The van der Waals surface area contributed by atoms with E-state index in [0.29, 0.717) is 18.8 Å². The average molecular weight is 531 g/mol. The first kappa shape index (κ1) is 28.4. The minimum atomic E-state index is -4.95. The van der Waals surface area contributed by atoms with E-state index in [2.05, 4.69) is 10.3 Å². The summed E-state index contributed by atoms with van der Waals surface area (Å²) < 4.78 is 68.0. The minimum Gasteiger partial charge on any atom is -0.370 e. The van der Waals surface area contributed by atoms with Gasteiger partial charge in [-0.05, 0) is 44.0 Å². The van der Waals surface area contributed by atoms with Gasteiger partial charge in [-0.25, -0.2) is 8.42 Å². The molecule has 0 aliphatic heterocycles. The fraction of sp³-hybridized carbons (Fsp3) is 0.333. The van der Waals surface area contributed by atoms with Gasteiger partial charge in [-0.2, -0.15) is 13.2 Å². The third kappa shape index (κ3) is 7.56. The highest BCUT2D eigenvalue weighted by molar-refractivity contribution is 7.92. The largest absolute Gasteiger partial charge is 0.417 e. The van der Waals surface area contributed by atoms with E-state index in [1.165, 1.54) is 13.0 Å². The number of pyridine rings is 1. The van der Waals surface area contributed by atoms with Crippen molar-refractivity contribution in [2.75, 3.05) is 11.3 Å². The Balaban J connectivity index is 2.23. The predicted molar refractivity (Wildman–Crippen MR) is 126 cm³/mol. The monoisotopic (exact) mass is 530 g/mol. The molecule has 0 fully saturated rings. The fourth-order valence-corrected chi connectivity index (χ4v) is 4.46. The summed E-state index contributed by atoms with van der Waals surface area (Å²) in [6.07, 6.45) is -3.84. The molecule has 0 aliphatic carbocycles. The second-order valence-electron chi connectivity index (χ2n) is 7.64. The molecular weight excluding hydrogens is 505 g/mol. The molecule has 1 aromatic heterocycles. The van der Waals surface area contributed by atoms with E-state index < -0.39 is 56.4 Å². The zero-order chi connectivity index (χ0) is 27.1. The summed E-state index contributed by atoms with van der Waals surface area (Å²) >= 11 is 0. The summed E-state index contributed by atoms with van der Waals surface area (Å²) in [5.41, 5.74) is 7.76. The maximum absolute atomic E-state index is 13.3. The third-order valence-corrected chi connectivity index (χ3v) is 6.32. The molecule has 196 valence electrons. The lowest BCUT2D eigenvalue weighted by atomic mass is 10.2. The van der Waals surface area contributed by atoms with Crippen LogP contribution in [0, 0.1) is 6.92 Å². The van der Waals surface area contributed by atoms with Crippen LogP contribution in [-0.2, 0) is 32.3 Å². The lowest BCUT2D eigenvalue weighted by molar-refractivity contribution is -0.139. The molecule has 15 heteroatoms. The van der Waals surface area contributed by atoms with Crippen molar-refractivity contribution in [2.45, 2.75) is 43.4 Å². The lowest BCUT2D eigenvalue weighted by Gasteiger charge is -2.17. The van der Waals surface area contributed by atoms with Gasteiger partial charge in [-0.1, -0.05) is 12.1 Å². The van der Waals surface area contributed by atoms with Gasteiger partial charge < -0.3 is 26.1 Å². The van der Waals surface area contributed by atoms with E-state index in [-0.39, 0.29) is 24.6 Å². The second kappa shape index (κ2) is 11.7. The van der Waals surface area contributed by atoms with Gasteiger partial charge in [0.15, 0.2) is 5.96 Å². The molecule has 1 atom stereocenters. The van der Waals surface area contributed by atoms with Gasteiger partial charge in [-0.3, -0.25) is 19.3 Å². The summed E-state index contributed by atoms with van der Waals surface area (Å²) in [5, 5.41) is 2.43. The molecule has 1 heterocycles. The van der Waals surface area contributed by atoms with Gasteiger partial charge in [0.1, 0.15) is 18.5 Å². The SMILES string of the molecule is Cc1ccc(NS(=O)(=O)c2ccccc2C(F)(F)F)c(=O)n1CC(=O)N[C@H](C=O)CCCN=C(N)N. The summed E-state index contributed by atoms with van der Waals surface area (Å²) in [5.74, 6) is -0.837. The van der Waals surface area contributed by atoms with E-state index in [1.807, 2.05) is 4.72 Å². The van der Waals surface area contributed by atoms with Crippen LogP contribution >= 0.6 is 0 Å². The molecule has 0 saturated heterocycles. The molecule has 0 unspecified atom stereocenters. The van der Waals surface area contributed by atoms with E-state index in [9.17, 15) is 36.0 Å². The second-order valence-corrected chi connectivity index (χ2v) is 9.29. The Morgan fingerprint density at radius 1 is 1.19 bits per heavy atom. The molecule has 36 heavy (non-hydrogen) atoms. The summed E-state index contributed by atoms with van der Waals surface area (Å²) in [4.78, 5) is 39.3. The lowest BCUT2D eigenvalue weighted by Crippen LogP contribution is -2.40. The summed E-state index contributed by atoms with van der Waals surface area (Å²) in [6, 6.07) is 5.02. The number of nitrogens with zero attached hydrogens (tertiary/aromatic N) is 2. The van der Waals surface area contributed by atoms with Crippen molar-refractivity contribution in [3.05, 3.63) is 58.0 Å². The Morgan fingerprint density at radius 2 is 1.86 bits per heavy atom. The molecule has 11 nitrogen and oxygen atoms in total. The summed E-state index contributed by atoms with van der Waals surface area (Å²) in [6.45, 7) is 1.14. The number of guanidine groups is 1. The first-order valence-electron chi connectivity index (χ1n) is 10.5. The Kier molecular flexibility index (Phi) is 9.22. The van der Waals surface area contributed by atoms with Gasteiger partial charge in [0, 0.05) is 12.2 Å². The molecule has 0 bridgehead atoms. The van der Waals surface area contributed by atoms with Crippen molar-refractivity contribution in [3.63, 3.8) is 0 Å². The highest BCUT2D eigenvalue weighted by Gasteiger charge is 2.37. The van der Waals surface area contributed by atoms with Crippen molar-refractivity contribution in [1.29, 1.82) is 0 Å². The maximum Gasteiger partial charge on any atom is 0.417 e. The first-order valence-corrected chi connectivity index (χ1v) is 11.9. The van der Waals surface area contributed by atoms with Gasteiger partial charge in [-0.15, -0.1) is 0 Å². The molecule has 0 saturated carbocycles. The molecule has 1 aromatic carbocycles. The zero-order valence-electron chi connectivity index (χ0n) is 19.1. The van der Waals surface area contributed by atoms with Crippen LogP contribution in [0.4, 0.5) is 18.9 Å². The number of halogens is 3. The maximum atomic E-state index is 13.3. The third-order valence-electron chi connectivity index (χ3n) is 4.90. The number of aldehydes is 1. The molecule has 0 aliphatic rings. The number of aliphatic imine (C=N–C) groups is 1. The van der Waals surface area contributed by atoms with Crippen LogP contribution in [0.1, 0.15) is 24.1 Å². The number of carbonyl (C=O) groups is 2. The van der Waals surface area contributed by atoms with Crippen LogP contribution in [0.2, 0.25) is 0 Å². The Hall–Kier alpha value is -3.88. The number of rotatable bonds is 11. The van der Waals surface area contributed by atoms with Gasteiger partial charge in [0.25, 0.3) is 15.6 Å². The van der Waals surface area contributed by atoms with E-state index >= 15 is 0 Å². The number of nitrogens with one attached hydrogen (secondary N) is 2. The van der Waals surface area contributed by atoms with Crippen molar-refractivity contribution in [3.8, 4) is 0 Å². The molecule has 2 aromatic rings. The number of amides is 1. The molecule has 2 rings (SSSR count). The number of benzene rings is 1. The van der Waals surface area contributed by atoms with E-state index in [0.717, 1.165) is 28.8 Å². The normalized spacial score (nSPS) is 12.4. The van der Waals surface area contributed by atoms with E-state index in [4.69, 9.17) is 11.5 Å². The number of sulfonamides is 1.